The molecule has 0 aromatic carbocycles. The van der Waals surface area contributed by atoms with E-state index in [1.807, 2.05) is 0 Å². The summed E-state index contributed by atoms with van der Waals surface area (Å²) in [4.78, 5) is 1.40. The van der Waals surface area contributed by atoms with Gasteiger partial charge >= 0.3 is 0 Å². The maximum absolute atomic E-state index is 6.14. The highest BCUT2D eigenvalue weighted by atomic mass is 35.5. The normalized spacial score (nSPS) is 19.2. The van der Waals surface area contributed by atoms with E-state index in [1.165, 1.54) is 42.5 Å². The van der Waals surface area contributed by atoms with Gasteiger partial charge in [0.25, 0.3) is 0 Å². The molecule has 0 saturated heterocycles. The predicted octanol–water partition coefficient (Wildman–Crippen LogP) is 4.55. The van der Waals surface area contributed by atoms with Gasteiger partial charge in [-0.15, -0.1) is 11.3 Å². The lowest BCUT2D eigenvalue weighted by atomic mass is 9.97. The minimum atomic E-state index is 0.499. The largest absolute Gasteiger partial charge is 0.312 e. The van der Waals surface area contributed by atoms with Crippen LogP contribution in [-0.4, -0.2) is 7.05 Å². The van der Waals surface area contributed by atoms with Crippen LogP contribution in [-0.2, 0) is 0 Å². The molecule has 0 radical (unpaired) electrons. The van der Waals surface area contributed by atoms with Gasteiger partial charge in [-0.2, -0.15) is 0 Å². The van der Waals surface area contributed by atoms with Crippen LogP contribution in [0.25, 0.3) is 0 Å². The summed E-state index contributed by atoms with van der Waals surface area (Å²) in [7, 11) is 2.06. The van der Waals surface area contributed by atoms with Crippen LogP contribution in [0.5, 0.6) is 0 Å². The average molecular weight is 258 g/mol. The van der Waals surface area contributed by atoms with Crippen molar-refractivity contribution in [2.24, 2.45) is 5.92 Å². The summed E-state index contributed by atoms with van der Waals surface area (Å²) >= 11 is 7.87. The van der Waals surface area contributed by atoms with Crippen LogP contribution in [0.3, 0.4) is 0 Å². The molecule has 1 heterocycles. The Morgan fingerprint density at radius 1 is 1.50 bits per heavy atom. The summed E-state index contributed by atoms with van der Waals surface area (Å²) in [5.41, 5.74) is 1.22. The molecule has 2 rings (SSSR count). The van der Waals surface area contributed by atoms with E-state index in [0.717, 1.165) is 10.3 Å². The van der Waals surface area contributed by atoms with Crippen LogP contribution in [0.2, 0.25) is 4.34 Å². The Hall–Kier alpha value is -0.0500. The van der Waals surface area contributed by atoms with E-state index in [1.54, 1.807) is 11.3 Å². The van der Waals surface area contributed by atoms with E-state index in [0.29, 0.717) is 6.04 Å². The molecule has 1 aliphatic rings. The molecule has 1 saturated carbocycles. The van der Waals surface area contributed by atoms with Crippen LogP contribution in [0, 0.1) is 12.8 Å². The Morgan fingerprint density at radius 3 is 2.69 bits per heavy atom. The van der Waals surface area contributed by atoms with Gasteiger partial charge in [-0.1, -0.05) is 37.3 Å². The number of hydrogen-bond donors (Lipinski definition) is 1. The minimum Gasteiger partial charge on any atom is -0.312 e. The van der Waals surface area contributed by atoms with Crippen LogP contribution in [0.1, 0.15) is 48.6 Å². The molecule has 3 heteroatoms. The second-order valence-electron chi connectivity index (χ2n) is 4.83. The first-order valence-corrected chi connectivity index (χ1v) is 7.33. The van der Waals surface area contributed by atoms with Crippen molar-refractivity contribution in [1.82, 2.24) is 5.32 Å². The molecule has 0 spiro atoms. The number of halogens is 1. The monoisotopic (exact) mass is 257 g/mol. The maximum Gasteiger partial charge on any atom is 0.0960 e. The summed E-state index contributed by atoms with van der Waals surface area (Å²) in [6, 6.07) is 2.74. The lowest BCUT2D eigenvalue weighted by molar-refractivity contribution is 0.417. The Labute approximate surface area is 107 Å². The molecule has 1 atom stereocenters. The smallest absolute Gasteiger partial charge is 0.0960 e. The van der Waals surface area contributed by atoms with Crippen molar-refractivity contribution >= 4 is 22.9 Å². The fourth-order valence-corrected chi connectivity index (χ4v) is 3.95. The van der Waals surface area contributed by atoms with Crippen LogP contribution >= 0.6 is 22.9 Å². The maximum atomic E-state index is 6.14. The molecular formula is C13H20ClNS. The summed E-state index contributed by atoms with van der Waals surface area (Å²) in [5, 5.41) is 3.44. The van der Waals surface area contributed by atoms with Crippen molar-refractivity contribution in [1.29, 1.82) is 0 Å². The van der Waals surface area contributed by atoms with Crippen molar-refractivity contribution in [2.45, 2.75) is 45.1 Å². The van der Waals surface area contributed by atoms with Gasteiger partial charge < -0.3 is 5.32 Å². The molecule has 0 amide bonds. The Morgan fingerprint density at radius 2 is 2.19 bits per heavy atom. The number of thiophene rings is 1. The van der Waals surface area contributed by atoms with Gasteiger partial charge in [0.2, 0.25) is 0 Å². The van der Waals surface area contributed by atoms with Crippen molar-refractivity contribution in [3.63, 3.8) is 0 Å². The number of aryl methyl sites for hydroxylation is 1. The average Bonchev–Trinajstić information content (AvgIpc) is 2.86. The lowest BCUT2D eigenvalue weighted by Crippen LogP contribution is -2.18. The molecule has 16 heavy (non-hydrogen) atoms. The Bertz CT molecular complexity index is 322. The minimum absolute atomic E-state index is 0.499. The zero-order chi connectivity index (χ0) is 11.5. The van der Waals surface area contributed by atoms with Crippen molar-refractivity contribution < 1.29 is 0 Å². The third-order valence-corrected chi connectivity index (χ3v) is 5.28. The second-order valence-corrected chi connectivity index (χ2v) is 6.52. The van der Waals surface area contributed by atoms with Gasteiger partial charge in [0, 0.05) is 10.9 Å². The number of rotatable bonds is 4. The predicted molar refractivity (Wildman–Crippen MR) is 72.4 cm³/mol. The van der Waals surface area contributed by atoms with Crippen LogP contribution in [0.4, 0.5) is 0 Å². The molecule has 0 bridgehead atoms. The van der Waals surface area contributed by atoms with E-state index in [2.05, 4.69) is 25.4 Å². The van der Waals surface area contributed by atoms with Crippen molar-refractivity contribution in [3.05, 3.63) is 20.8 Å². The summed E-state index contributed by atoms with van der Waals surface area (Å²) in [5.74, 6) is 0.915. The molecule has 1 aliphatic carbocycles. The molecule has 1 unspecified atom stereocenters. The summed E-state index contributed by atoms with van der Waals surface area (Å²) in [6.45, 7) is 2.09. The standard InChI is InChI=1S/C13H20ClNS/c1-9-7-12(16-13(9)14)11(15-2)8-10-5-3-4-6-10/h7,10-11,15H,3-6,8H2,1-2H3. The summed E-state index contributed by atoms with van der Waals surface area (Å²) in [6.07, 6.45) is 6.94. The zero-order valence-corrected chi connectivity index (χ0v) is 11.6. The third-order valence-electron chi connectivity index (χ3n) is 3.61. The molecule has 1 aromatic heterocycles. The Kier molecular flexibility index (Phi) is 4.28. The zero-order valence-electron chi connectivity index (χ0n) is 10.1. The fraction of sp³-hybridized carbons (Fsp3) is 0.692. The van der Waals surface area contributed by atoms with E-state index < -0.39 is 0 Å². The van der Waals surface area contributed by atoms with E-state index in [9.17, 15) is 0 Å². The molecule has 1 N–H and O–H groups in total. The van der Waals surface area contributed by atoms with Gasteiger partial charge in [-0.25, -0.2) is 0 Å². The van der Waals surface area contributed by atoms with E-state index in [-0.39, 0.29) is 0 Å². The topological polar surface area (TPSA) is 12.0 Å². The highest BCUT2D eigenvalue weighted by Gasteiger charge is 2.21. The van der Waals surface area contributed by atoms with E-state index >= 15 is 0 Å². The lowest BCUT2D eigenvalue weighted by Gasteiger charge is -2.18. The molecule has 90 valence electrons. The second kappa shape index (κ2) is 5.52. The first-order chi connectivity index (χ1) is 7.70. The molecule has 1 fully saturated rings. The van der Waals surface area contributed by atoms with Gasteiger partial charge in [0.05, 0.1) is 4.34 Å². The van der Waals surface area contributed by atoms with Crippen LogP contribution in [0.15, 0.2) is 6.07 Å². The quantitative estimate of drug-likeness (QED) is 0.834. The van der Waals surface area contributed by atoms with Crippen LogP contribution < -0.4 is 5.32 Å². The fourth-order valence-electron chi connectivity index (χ4n) is 2.61. The Balaban J connectivity index is 2.03. The first kappa shape index (κ1) is 12.4. The highest BCUT2D eigenvalue weighted by molar-refractivity contribution is 7.16. The third kappa shape index (κ3) is 2.79. The highest BCUT2D eigenvalue weighted by Crippen LogP contribution is 2.37. The van der Waals surface area contributed by atoms with Gasteiger partial charge in [-0.3, -0.25) is 0 Å². The molecule has 1 aromatic rings. The summed E-state index contributed by atoms with van der Waals surface area (Å²) < 4.78 is 0.946. The number of hydrogen-bond acceptors (Lipinski definition) is 2. The van der Waals surface area contributed by atoms with Crippen molar-refractivity contribution in [3.8, 4) is 0 Å². The molecular weight excluding hydrogens is 238 g/mol. The van der Waals surface area contributed by atoms with E-state index in [4.69, 9.17) is 11.6 Å². The molecule has 1 nitrogen and oxygen atoms in total. The van der Waals surface area contributed by atoms with Gasteiger partial charge in [0.15, 0.2) is 0 Å². The van der Waals surface area contributed by atoms with Gasteiger partial charge in [0.1, 0.15) is 0 Å². The van der Waals surface area contributed by atoms with Gasteiger partial charge in [-0.05, 0) is 37.9 Å². The number of nitrogens with one attached hydrogen (secondary N) is 1. The SMILES string of the molecule is CNC(CC1CCCC1)c1cc(C)c(Cl)s1. The molecule has 0 aliphatic heterocycles. The van der Waals surface area contributed by atoms with Crippen molar-refractivity contribution in [2.75, 3.05) is 7.05 Å². The first-order valence-electron chi connectivity index (χ1n) is 6.13.